The Labute approximate surface area is 132 Å². The lowest BCUT2D eigenvalue weighted by molar-refractivity contribution is -0.115. The molecule has 0 bridgehead atoms. The van der Waals surface area contributed by atoms with E-state index >= 15 is 0 Å². The highest BCUT2D eigenvalue weighted by Crippen LogP contribution is 2.19. The van der Waals surface area contributed by atoms with Crippen LogP contribution in [0.1, 0.15) is 12.5 Å². The van der Waals surface area contributed by atoms with Gasteiger partial charge in [0.05, 0.1) is 6.42 Å². The van der Waals surface area contributed by atoms with Crippen LogP contribution in [0.4, 0.5) is 5.95 Å². The lowest BCUT2D eigenvalue weighted by Crippen LogP contribution is -2.15. The van der Waals surface area contributed by atoms with Crippen molar-refractivity contribution in [2.24, 2.45) is 0 Å². The van der Waals surface area contributed by atoms with Crippen LogP contribution in [0.3, 0.4) is 0 Å². The Morgan fingerprint density at radius 2 is 2.05 bits per heavy atom. The number of hydrogen-bond donors (Lipinski definition) is 2. The highest BCUT2D eigenvalue weighted by Gasteiger charge is 2.10. The van der Waals surface area contributed by atoms with Crippen molar-refractivity contribution in [2.45, 2.75) is 18.5 Å². The molecule has 0 spiro atoms. The van der Waals surface area contributed by atoms with Crippen LogP contribution in [-0.2, 0) is 11.2 Å². The zero-order valence-electron chi connectivity index (χ0n) is 12.2. The van der Waals surface area contributed by atoms with Gasteiger partial charge in [-0.2, -0.15) is 4.98 Å². The first-order valence-electron chi connectivity index (χ1n) is 7.08. The van der Waals surface area contributed by atoms with Gasteiger partial charge in [-0.05, 0) is 22.1 Å². The van der Waals surface area contributed by atoms with Gasteiger partial charge in [0, 0.05) is 0 Å². The average molecular weight is 312 g/mol. The molecular formula is C16H16N4OS. The fourth-order valence-corrected chi connectivity index (χ4v) is 2.82. The van der Waals surface area contributed by atoms with Gasteiger partial charge in [0.2, 0.25) is 17.0 Å². The molecule has 3 rings (SSSR count). The van der Waals surface area contributed by atoms with Gasteiger partial charge in [-0.25, -0.2) is 5.10 Å². The smallest absolute Gasteiger partial charge is 0.231 e. The Kier molecular flexibility index (Phi) is 4.39. The number of fused-ring (bicyclic) bond motifs is 1. The molecule has 0 saturated carbocycles. The number of aromatic amines is 1. The number of aromatic nitrogens is 3. The second-order valence-corrected chi connectivity index (χ2v) is 5.99. The number of carbonyl (C=O) groups is 1. The molecule has 1 amide bonds. The molecule has 0 aliphatic rings. The molecule has 0 fully saturated rings. The van der Waals surface area contributed by atoms with Crippen LogP contribution in [0, 0.1) is 0 Å². The lowest BCUT2D eigenvalue weighted by atomic mass is 10.0. The third-order valence-electron chi connectivity index (χ3n) is 3.23. The fourth-order valence-electron chi connectivity index (χ4n) is 2.29. The summed E-state index contributed by atoms with van der Waals surface area (Å²) < 4.78 is 0. The molecule has 6 heteroatoms. The molecule has 2 aromatic carbocycles. The molecule has 3 aromatic rings. The van der Waals surface area contributed by atoms with E-state index in [9.17, 15) is 4.79 Å². The number of hydrogen-bond acceptors (Lipinski definition) is 4. The number of thioether (sulfide) groups is 1. The summed E-state index contributed by atoms with van der Waals surface area (Å²) in [5.41, 5.74) is 0.998. The van der Waals surface area contributed by atoms with Gasteiger partial charge in [0.15, 0.2) is 0 Å². The van der Waals surface area contributed by atoms with E-state index in [-0.39, 0.29) is 5.91 Å². The van der Waals surface area contributed by atoms with Crippen LogP contribution in [-0.4, -0.2) is 26.8 Å². The van der Waals surface area contributed by atoms with Crippen molar-refractivity contribution >= 4 is 34.4 Å². The quantitative estimate of drug-likeness (QED) is 0.709. The van der Waals surface area contributed by atoms with E-state index in [1.807, 2.05) is 49.4 Å². The number of amides is 1. The molecule has 5 nitrogen and oxygen atoms in total. The van der Waals surface area contributed by atoms with Crippen LogP contribution in [0.25, 0.3) is 10.8 Å². The van der Waals surface area contributed by atoms with Crippen LogP contribution in [0.15, 0.2) is 47.6 Å². The largest absolute Gasteiger partial charge is 0.295 e. The molecule has 2 N–H and O–H groups in total. The first-order valence-corrected chi connectivity index (χ1v) is 8.06. The van der Waals surface area contributed by atoms with Crippen LogP contribution in [0.5, 0.6) is 0 Å². The summed E-state index contributed by atoms with van der Waals surface area (Å²) in [5.74, 6) is 1.17. The lowest BCUT2D eigenvalue weighted by Gasteiger charge is -2.06. The van der Waals surface area contributed by atoms with Gasteiger partial charge in [-0.15, -0.1) is 5.10 Å². The number of rotatable bonds is 5. The van der Waals surface area contributed by atoms with E-state index in [4.69, 9.17) is 0 Å². The standard InChI is InChI=1S/C16H16N4OS/c1-2-22-16-18-15(19-20-16)17-14(21)10-12-8-5-7-11-6-3-4-9-13(11)12/h3-9H,2,10H2,1H3,(H2,17,18,19,20,21). The maximum Gasteiger partial charge on any atom is 0.231 e. The number of nitrogens with zero attached hydrogens (tertiary/aromatic N) is 2. The first kappa shape index (κ1) is 14.6. The molecule has 0 unspecified atom stereocenters. The normalized spacial score (nSPS) is 10.8. The van der Waals surface area contributed by atoms with E-state index in [0.717, 1.165) is 22.1 Å². The molecule has 0 saturated heterocycles. The SMILES string of the molecule is CCSc1n[nH]c(NC(=O)Cc2cccc3ccccc23)n1. The molecule has 0 aliphatic carbocycles. The van der Waals surface area contributed by atoms with Gasteiger partial charge < -0.3 is 0 Å². The molecule has 1 aromatic heterocycles. The summed E-state index contributed by atoms with van der Waals surface area (Å²) in [6.45, 7) is 2.03. The number of benzene rings is 2. The van der Waals surface area contributed by atoms with E-state index in [1.165, 1.54) is 11.8 Å². The molecule has 1 heterocycles. The predicted octanol–water partition coefficient (Wildman–Crippen LogP) is 3.25. The minimum Gasteiger partial charge on any atom is -0.295 e. The molecule has 112 valence electrons. The van der Waals surface area contributed by atoms with Crippen molar-refractivity contribution in [3.8, 4) is 0 Å². The number of H-pyrrole nitrogens is 1. The Morgan fingerprint density at radius 1 is 1.23 bits per heavy atom. The van der Waals surface area contributed by atoms with Crippen LogP contribution in [0.2, 0.25) is 0 Å². The number of nitrogens with one attached hydrogen (secondary N) is 2. The zero-order chi connectivity index (χ0) is 15.4. The third-order valence-corrected chi connectivity index (χ3v) is 3.96. The van der Waals surface area contributed by atoms with Crippen LogP contribution < -0.4 is 5.32 Å². The van der Waals surface area contributed by atoms with Crippen molar-refractivity contribution < 1.29 is 4.79 Å². The zero-order valence-corrected chi connectivity index (χ0v) is 13.0. The van der Waals surface area contributed by atoms with Crippen molar-refractivity contribution in [1.29, 1.82) is 0 Å². The van der Waals surface area contributed by atoms with Gasteiger partial charge in [-0.1, -0.05) is 61.2 Å². The second-order valence-electron chi connectivity index (χ2n) is 4.76. The van der Waals surface area contributed by atoms with Gasteiger partial charge >= 0.3 is 0 Å². The van der Waals surface area contributed by atoms with Crippen molar-refractivity contribution in [1.82, 2.24) is 15.2 Å². The first-order chi connectivity index (χ1) is 10.8. The van der Waals surface area contributed by atoms with Crippen molar-refractivity contribution in [2.75, 3.05) is 11.1 Å². The Balaban J connectivity index is 1.72. The molecule has 0 atom stereocenters. The predicted molar refractivity (Wildman–Crippen MR) is 89.1 cm³/mol. The highest BCUT2D eigenvalue weighted by molar-refractivity contribution is 7.99. The summed E-state index contributed by atoms with van der Waals surface area (Å²) in [5, 5.41) is 12.4. The van der Waals surface area contributed by atoms with E-state index < -0.39 is 0 Å². The van der Waals surface area contributed by atoms with E-state index in [2.05, 4.69) is 20.5 Å². The Hall–Kier alpha value is -2.34. The molecule has 0 radical (unpaired) electrons. The van der Waals surface area contributed by atoms with Crippen LogP contribution >= 0.6 is 11.8 Å². The fraction of sp³-hybridized carbons (Fsp3) is 0.188. The highest BCUT2D eigenvalue weighted by atomic mass is 32.2. The monoisotopic (exact) mass is 312 g/mol. The minimum absolute atomic E-state index is 0.111. The number of anilines is 1. The summed E-state index contributed by atoms with van der Waals surface area (Å²) in [7, 11) is 0. The molecule has 22 heavy (non-hydrogen) atoms. The van der Waals surface area contributed by atoms with Gasteiger partial charge in [0.25, 0.3) is 0 Å². The molecule has 0 aliphatic heterocycles. The van der Waals surface area contributed by atoms with Gasteiger partial charge in [0.1, 0.15) is 0 Å². The van der Waals surface area contributed by atoms with E-state index in [1.54, 1.807) is 0 Å². The Bertz CT molecular complexity index is 794. The second kappa shape index (κ2) is 6.62. The maximum absolute atomic E-state index is 12.2. The third kappa shape index (κ3) is 3.28. The summed E-state index contributed by atoms with van der Waals surface area (Å²) >= 11 is 1.52. The summed E-state index contributed by atoms with van der Waals surface area (Å²) in [6.07, 6.45) is 0.304. The van der Waals surface area contributed by atoms with Crippen molar-refractivity contribution in [3.63, 3.8) is 0 Å². The molecular weight excluding hydrogens is 296 g/mol. The average Bonchev–Trinajstić information content (AvgIpc) is 2.95. The topological polar surface area (TPSA) is 70.7 Å². The number of carbonyl (C=O) groups excluding carboxylic acids is 1. The Morgan fingerprint density at radius 3 is 2.91 bits per heavy atom. The maximum atomic E-state index is 12.2. The minimum atomic E-state index is -0.111. The summed E-state index contributed by atoms with van der Waals surface area (Å²) in [6, 6.07) is 14.0. The summed E-state index contributed by atoms with van der Waals surface area (Å²) in [4.78, 5) is 16.4. The van der Waals surface area contributed by atoms with Gasteiger partial charge in [-0.3, -0.25) is 10.1 Å². The van der Waals surface area contributed by atoms with E-state index in [0.29, 0.717) is 17.5 Å². The van der Waals surface area contributed by atoms with Crippen molar-refractivity contribution in [3.05, 3.63) is 48.0 Å².